The van der Waals surface area contributed by atoms with Crippen LogP contribution in [0.4, 0.5) is 10.5 Å². The average molecular weight is 214 g/mol. The number of aliphatic imine (C=N–C) groups is 1. The second kappa shape index (κ2) is 4.72. The molecule has 0 aliphatic heterocycles. The Hall–Kier alpha value is -1.22. The molecule has 0 amide bonds. The number of hydrogen-bond donors (Lipinski definition) is 0. The quantitative estimate of drug-likeness (QED) is 0.430. The summed E-state index contributed by atoms with van der Waals surface area (Å²) in [6.07, 6.45) is 0. The summed E-state index contributed by atoms with van der Waals surface area (Å²) in [5, 5.41) is 2.20. The van der Waals surface area contributed by atoms with Gasteiger partial charge in [0.1, 0.15) is 5.75 Å². The van der Waals surface area contributed by atoms with Crippen molar-refractivity contribution in [3.05, 3.63) is 24.3 Å². The third kappa shape index (κ3) is 3.34. The van der Waals surface area contributed by atoms with Crippen molar-refractivity contribution in [2.24, 2.45) is 4.99 Å². The van der Waals surface area contributed by atoms with Crippen LogP contribution in [0.15, 0.2) is 29.3 Å². The normalized spacial score (nSPS) is 8.69. The van der Waals surface area contributed by atoms with Crippen molar-refractivity contribution in [3.8, 4) is 5.75 Å². The number of rotatable bonds is 2. The molecule has 1 rings (SSSR count). The molecular weight excluding hydrogens is 210 g/mol. The zero-order valence-electron chi connectivity index (χ0n) is 6.36. The standard InChI is InChI=1S/C8H4ClNO2S/c9-8(11)12-7-3-1-2-6(4-7)10-5-13/h1-4H. The van der Waals surface area contributed by atoms with Crippen molar-refractivity contribution in [1.29, 1.82) is 0 Å². The van der Waals surface area contributed by atoms with E-state index in [0.29, 0.717) is 11.4 Å². The first kappa shape index (κ1) is 9.86. The molecule has 1 aromatic rings. The Morgan fingerprint density at radius 2 is 2.38 bits per heavy atom. The van der Waals surface area contributed by atoms with E-state index in [4.69, 9.17) is 11.6 Å². The van der Waals surface area contributed by atoms with Gasteiger partial charge in [0.25, 0.3) is 0 Å². The first-order chi connectivity index (χ1) is 6.22. The van der Waals surface area contributed by atoms with E-state index in [1.807, 2.05) is 0 Å². The van der Waals surface area contributed by atoms with E-state index < -0.39 is 5.43 Å². The summed E-state index contributed by atoms with van der Waals surface area (Å²) in [6.45, 7) is 0. The molecule has 0 heterocycles. The van der Waals surface area contributed by atoms with Crippen LogP contribution in [0.2, 0.25) is 0 Å². The van der Waals surface area contributed by atoms with Gasteiger partial charge in [-0.1, -0.05) is 6.07 Å². The third-order valence-corrected chi connectivity index (χ3v) is 1.36. The summed E-state index contributed by atoms with van der Waals surface area (Å²) in [4.78, 5) is 14.1. The van der Waals surface area contributed by atoms with Crippen molar-refractivity contribution in [2.75, 3.05) is 0 Å². The van der Waals surface area contributed by atoms with Crippen molar-refractivity contribution < 1.29 is 9.53 Å². The molecule has 0 bridgehead atoms. The number of carbonyl (C=O) groups excluding carboxylic acids is 1. The lowest BCUT2D eigenvalue weighted by Gasteiger charge is -1.98. The lowest BCUT2D eigenvalue weighted by Crippen LogP contribution is -1.95. The smallest absolute Gasteiger partial charge is 0.409 e. The average Bonchev–Trinajstić information content (AvgIpc) is 2.04. The second-order valence-electron chi connectivity index (χ2n) is 2.04. The van der Waals surface area contributed by atoms with E-state index in [9.17, 15) is 4.79 Å². The first-order valence-electron chi connectivity index (χ1n) is 3.27. The fourth-order valence-corrected chi connectivity index (χ4v) is 0.956. The Kier molecular flexibility index (Phi) is 3.58. The number of ether oxygens (including phenoxy) is 1. The van der Waals surface area contributed by atoms with Crippen molar-refractivity contribution in [1.82, 2.24) is 0 Å². The topological polar surface area (TPSA) is 38.7 Å². The maximum absolute atomic E-state index is 10.4. The summed E-state index contributed by atoms with van der Waals surface area (Å²) in [6, 6.07) is 6.48. The van der Waals surface area contributed by atoms with Crippen molar-refractivity contribution in [2.45, 2.75) is 0 Å². The number of benzene rings is 1. The van der Waals surface area contributed by atoms with Gasteiger partial charge in [-0.25, -0.2) is 4.79 Å². The Morgan fingerprint density at radius 3 is 3.00 bits per heavy atom. The maximum Gasteiger partial charge on any atom is 0.409 e. The highest BCUT2D eigenvalue weighted by molar-refractivity contribution is 7.78. The van der Waals surface area contributed by atoms with Gasteiger partial charge in [0.15, 0.2) is 0 Å². The molecule has 1 aromatic carbocycles. The molecule has 0 fully saturated rings. The Balaban J connectivity index is 2.91. The van der Waals surface area contributed by atoms with Crippen LogP contribution in [-0.4, -0.2) is 10.6 Å². The second-order valence-corrected chi connectivity index (χ2v) is 2.53. The highest BCUT2D eigenvalue weighted by atomic mass is 35.5. The largest absolute Gasteiger partial charge is 0.414 e. The van der Waals surface area contributed by atoms with Gasteiger partial charge in [-0.05, 0) is 24.4 Å². The Labute approximate surface area is 85.0 Å². The van der Waals surface area contributed by atoms with Gasteiger partial charge < -0.3 is 4.74 Å². The van der Waals surface area contributed by atoms with Gasteiger partial charge in [-0.2, -0.15) is 4.99 Å². The lowest BCUT2D eigenvalue weighted by molar-refractivity contribution is 0.225. The molecule has 0 saturated heterocycles. The monoisotopic (exact) mass is 213 g/mol. The molecule has 5 heteroatoms. The molecule has 13 heavy (non-hydrogen) atoms. The number of hydrogen-bond acceptors (Lipinski definition) is 4. The van der Waals surface area contributed by atoms with Gasteiger partial charge in [0.05, 0.1) is 10.8 Å². The van der Waals surface area contributed by atoms with Crippen LogP contribution >= 0.6 is 23.8 Å². The highest BCUT2D eigenvalue weighted by Gasteiger charge is 1.99. The van der Waals surface area contributed by atoms with E-state index >= 15 is 0 Å². The van der Waals surface area contributed by atoms with Crippen LogP contribution in [0.5, 0.6) is 5.75 Å². The van der Waals surface area contributed by atoms with Crippen LogP contribution in [0.3, 0.4) is 0 Å². The van der Waals surface area contributed by atoms with Crippen LogP contribution in [0, 0.1) is 0 Å². The van der Waals surface area contributed by atoms with E-state index in [1.54, 1.807) is 18.2 Å². The predicted octanol–water partition coefficient (Wildman–Crippen LogP) is 3.16. The van der Waals surface area contributed by atoms with Gasteiger partial charge >= 0.3 is 5.43 Å². The summed E-state index contributed by atoms with van der Waals surface area (Å²) < 4.78 is 4.61. The van der Waals surface area contributed by atoms with Crippen LogP contribution in [0.1, 0.15) is 0 Å². The molecule has 0 spiro atoms. The van der Waals surface area contributed by atoms with Gasteiger partial charge in [0.2, 0.25) is 0 Å². The molecule has 0 radical (unpaired) electrons. The minimum atomic E-state index is -0.886. The number of nitrogens with zero attached hydrogens (tertiary/aromatic N) is 1. The summed E-state index contributed by atoms with van der Waals surface area (Å²) >= 11 is 9.43. The van der Waals surface area contributed by atoms with Crippen molar-refractivity contribution in [3.63, 3.8) is 0 Å². The zero-order valence-corrected chi connectivity index (χ0v) is 7.93. The minimum absolute atomic E-state index is 0.325. The van der Waals surface area contributed by atoms with Crippen LogP contribution < -0.4 is 4.74 Å². The van der Waals surface area contributed by atoms with Gasteiger partial charge in [-0.15, -0.1) is 0 Å². The molecule has 0 aliphatic carbocycles. The molecule has 0 saturated carbocycles. The maximum atomic E-state index is 10.4. The molecule has 0 aromatic heterocycles. The molecule has 66 valence electrons. The Bertz CT molecular complexity index is 374. The lowest BCUT2D eigenvalue weighted by atomic mass is 10.3. The Morgan fingerprint density at radius 1 is 1.62 bits per heavy atom. The molecule has 0 aliphatic rings. The minimum Gasteiger partial charge on any atom is -0.414 e. The number of thiocarbonyl (C=S) groups is 1. The number of halogens is 1. The fourth-order valence-electron chi connectivity index (χ4n) is 0.762. The van der Waals surface area contributed by atoms with Crippen LogP contribution in [-0.2, 0) is 0 Å². The summed E-state index contributed by atoms with van der Waals surface area (Å²) in [7, 11) is 0. The molecule has 3 nitrogen and oxygen atoms in total. The molecular formula is C8H4ClNO2S. The predicted molar refractivity (Wildman–Crippen MR) is 53.0 cm³/mol. The van der Waals surface area contributed by atoms with Crippen LogP contribution in [0.25, 0.3) is 0 Å². The van der Waals surface area contributed by atoms with E-state index in [1.165, 1.54) is 6.07 Å². The van der Waals surface area contributed by atoms with E-state index in [-0.39, 0.29) is 0 Å². The first-order valence-corrected chi connectivity index (χ1v) is 4.06. The van der Waals surface area contributed by atoms with E-state index in [2.05, 4.69) is 27.1 Å². The van der Waals surface area contributed by atoms with Crippen molar-refractivity contribution >= 4 is 40.1 Å². The SMILES string of the molecule is O=C(Cl)Oc1cccc(N=C=S)c1. The third-order valence-electron chi connectivity index (χ3n) is 1.19. The summed E-state index contributed by atoms with van der Waals surface area (Å²) in [5.74, 6) is 0.325. The summed E-state index contributed by atoms with van der Waals surface area (Å²) in [5.41, 5.74) is -0.325. The molecule has 0 unspecified atom stereocenters. The number of isothiocyanates is 1. The zero-order chi connectivity index (χ0) is 9.68. The van der Waals surface area contributed by atoms with Gasteiger partial charge in [0, 0.05) is 17.7 Å². The fraction of sp³-hybridized carbons (Fsp3) is 0. The molecule has 0 atom stereocenters. The molecule has 0 N–H and O–H groups in total. The number of carbonyl (C=O) groups is 1. The van der Waals surface area contributed by atoms with E-state index in [0.717, 1.165) is 0 Å². The highest BCUT2D eigenvalue weighted by Crippen LogP contribution is 2.19. The van der Waals surface area contributed by atoms with Gasteiger partial charge in [-0.3, -0.25) is 0 Å².